The van der Waals surface area contributed by atoms with Crippen LogP contribution in [0.3, 0.4) is 0 Å². The number of aromatic nitrogens is 2. The Morgan fingerprint density at radius 3 is 2.70 bits per heavy atom. The van der Waals surface area contributed by atoms with Crippen LogP contribution >= 0.6 is 11.6 Å². The van der Waals surface area contributed by atoms with E-state index in [4.69, 9.17) is 11.6 Å². The smallest absolute Gasteiger partial charge is 0.306 e. The molecular weight excluding hydrogens is 276 g/mol. The van der Waals surface area contributed by atoms with E-state index in [1.54, 1.807) is 4.68 Å². The van der Waals surface area contributed by atoms with E-state index in [9.17, 15) is 9.90 Å². The minimum atomic E-state index is -0.680. The van der Waals surface area contributed by atoms with Crippen molar-refractivity contribution in [3.05, 3.63) is 16.4 Å². The van der Waals surface area contributed by atoms with Gasteiger partial charge in [0.1, 0.15) is 0 Å². The van der Waals surface area contributed by atoms with Gasteiger partial charge in [0.25, 0.3) is 0 Å². The zero-order valence-electron chi connectivity index (χ0n) is 12.6. The quantitative estimate of drug-likeness (QED) is 0.930. The van der Waals surface area contributed by atoms with Gasteiger partial charge in [0.05, 0.1) is 22.3 Å². The Morgan fingerprint density at radius 2 is 2.20 bits per heavy atom. The Balaban J connectivity index is 2.25. The van der Waals surface area contributed by atoms with E-state index in [1.165, 1.54) is 0 Å². The van der Waals surface area contributed by atoms with Crippen LogP contribution in [-0.4, -0.2) is 20.9 Å². The predicted molar refractivity (Wildman–Crippen MR) is 78.9 cm³/mol. The predicted octanol–water partition coefficient (Wildman–Crippen LogP) is 3.45. The largest absolute Gasteiger partial charge is 0.481 e. The molecule has 0 bridgehead atoms. The first-order valence-corrected chi connectivity index (χ1v) is 7.50. The molecule has 1 aliphatic rings. The van der Waals surface area contributed by atoms with Crippen molar-refractivity contribution in [2.45, 2.75) is 46.5 Å². The lowest BCUT2D eigenvalue weighted by Gasteiger charge is -2.39. The molecule has 0 aliphatic heterocycles. The van der Waals surface area contributed by atoms with Crippen LogP contribution in [0.4, 0.5) is 0 Å². The van der Waals surface area contributed by atoms with E-state index >= 15 is 0 Å². The highest BCUT2D eigenvalue weighted by Gasteiger charge is 2.39. The summed E-state index contributed by atoms with van der Waals surface area (Å²) < 4.78 is 1.79. The molecule has 1 heterocycles. The molecule has 112 valence electrons. The average Bonchev–Trinajstić information content (AvgIpc) is 2.54. The zero-order chi connectivity index (χ0) is 15.1. The van der Waals surface area contributed by atoms with Crippen LogP contribution in [0.1, 0.15) is 44.5 Å². The number of aliphatic carboxylic acids is 1. The lowest BCUT2D eigenvalue weighted by molar-refractivity contribution is -0.146. The minimum Gasteiger partial charge on any atom is -0.481 e. The maximum Gasteiger partial charge on any atom is 0.306 e. The van der Waals surface area contributed by atoms with Crippen LogP contribution in [-0.2, 0) is 18.3 Å². The van der Waals surface area contributed by atoms with Crippen molar-refractivity contribution in [2.75, 3.05) is 0 Å². The second-order valence-electron chi connectivity index (χ2n) is 6.79. The molecule has 5 heteroatoms. The highest BCUT2D eigenvalue weighted by Crippen LogP contribution is 2.43. The summed E-state index contributed by atoms with van der Waals surface area (Å²) in [7, 11) is 1.87. The van der Waals surface area contributed by atoms with Crippen LogP contribution in [0.15, 0.2) is 0 Å². The van der Waals surface area contributed by atoms with Crippen molar-refractivity contribution >= 4 is 17.6 Å². The Labute approximate surface area is 125 Å². The summed E-state index contributed by atoms with van der Waals surface area (Å²) in [5.41, 5.74) is 1.97. The molecular formula is C15H23ClN2O2. The number of nitrogens with zero attached hydrogens (tertiary/aromatic N) is 2. The summed E-state index contributed by atoms with van der Waals surface area (Å²) in [6, 6.07) is 0. The van der Waals surface area contributed by atoms with E-state index in [2.05, 4.69) is 18.9 Å². The number of rotatable bonds is 3. The van der Waals surface area contributed by atoms with Crippen molar-refractivity contribution in [3.63, 3.8) is 0 Å². The molecule has 1 N–H and O–H groups in total. The second kappa shape index (κ2) is 5.40. The Kier molecular flexibility index (Phi) is 4.14. The van der Waals surface area contributed by atoms with Gasteiger partial charge in [-0.25, -0.2) is 0 Å². The third-order valence-electron chi connectivity index (χ3n) is 4.55. The molecule has 1 fully saturated rings. The van der Waals surface area contributed by atoms with Crippen LogP contribution in [0.2, 0.25) is 5.02 Å². The third-order valence-corrected chi connectivity index (χ3v) is 5.04. The topological polar surface area (TPSA) is 55.1 Å². The molecule has 0 radical (unpaired) electrons. The Bertz CT molecular complexity index is 522. The summed E-state index contributed by atoms with van der Waals surface area (Å²) in [6.07, 6.45) is 3.33. The fourth-order valence-electron chi connectivity index (χ4n) is 3.43. The monoisotopic (exact) mass is 298 g/mol. The van der Waals surface area contributed by atoms with Gasteiger partial charge in [0.2, 0.25) is 0 Å². The normalized spacial score (nSPS) is 25.6. The molecule has 0 amide bonds. The van der Waals surface area contributed by atoms with Crippen LogP contribution in [0, 0.1) is 24.2 Å². The van der Waals surface area contributed by atoms with E-state index < -0.39 is 5.97 Å². The maximum absolute atomic E-state index is 11.5. The first-order chi connectivity index (χ1) is 9.21. The molecule has 1 aliphatic carbocycles. The molecule has 1 aromatic rings. The standard InChI is InChI=1S/C15H23ClN2O2/c1-9-13(16)12(18(4)17-9)7-10-8-15(2,3)6-5-11(10)14(19)20/h10-11H,5-8H2,1-4H3,(H,19,20). The Hall–Kier alpha value is -1.03. The lowest BCUT2D eigenvalue weighted by atomic mass is 9.66. The molecule has 0 saturated heterocycles. The number of hydrogen-bond acceptors (Lipinski definition) is 2. The summed E-state index contributed by atoms with van der Waals surface area (Å²) in [5, 5.41) is 14.4. The third kappa shape index (κ3) is 3.00. The number of carboxylic acid groups (broad SMARTS) is 1. The fraction of sp³-hybridized carbons (Fsp3) is 0.733. The molecule has 0 aromatic carbocycles. The highest BCUT2D eigenvalue weighted by molar-refractivity contribution is 6.31. The van der Waals surface area contributed by atoms with Crippen LogP contribution < -0.4 is 0 Å². The molecule has 20 heavy (non-hydrogen) atoms. The van der Waals surface area contributed by atoms with Crippen molar-refractivity contribution in [1.29, 1.82) is 0 Å². The van der Waals surface area contributed by atoms with Gasteiger partial charge >= 0.3 is 5.97 Å². The summed E-state index contributed by atoms with van der Waals surface area (Å²) in [5.74, 6) is -0.821. The van der Waals surface area contributed by atoms with Gasteiger partial charge in [-0.3, -0.25) is 9.48 Å². The minimum absolute atomic E-state index is 0.128. The van der Waals surface area contributed by atoms with Crippen molar-refractivity contribution < 1.29 is 9.90 Å². The lowest BCUT2D eigenvalue weighted by Crippen LogP contribution is -2.35. The second-order valence-corrected chi connectivity index (χ2v) is 7.16. The first-order valence-electron chi connectivity index (χ1n) is 7.12. The van der Waals surface area contributed by atoms with Gasteiger partial charge in [-0.2, -0.15) is 5.10 Å². The van der Waals surface area contributed by atoms with Crippen LogP contribution in [0.5, 0.6) is 0 Å². The average molecular weight is 299 g/mol. The van der Waals surface area contributed by atoms with E-state index in [1.807, 2.05) is 14.0 Å². The molecule has 2 unspecified atom stereocenters. The number of carboxylic acids is 1. The highest BCUT2D eigenvalue weighted by atomic mass is 35.5. The van der Waals surface area contributed by atoms with E-state index in [0.717, 1.165) is 30.7 Å². The first kappa shape index (κ1) is 15.4. The molecule has 1 saturated carbocycles. The van der Waals surface area contributed by atoms with Crippen molar-refractivity contribution in [1.82, 2.24) is 9.78 Å². The SMILES string of the molecule is Cc1nn(C)c(CC2CC(C)(C)CCC2C(=O)O)c1Cl. The molecule has 2 atom stereocenters. The van der Waals surface area contributed by atoms with Gasteiger partial charge in [0.15, 0.2) is 0 Å². The fourth-order valence-corrected chi connectivity index (χ4v) is 3.66. The number of carbonyl (C=O) groups is 1. The van der Waals surface area contributed by atoms with Crippen LogP contribution in [0.25, 0.3) is 0 Å². The summed E-state index contributed by atoms with van der Waals surface area (Å²) >= 11 is 6.30. The molecule has 2 rings (SSSR count). The number of aryl methyl sites for hydroxylation is 2. The maximum atomic E-state index is 11.5. The summed E-state index contributed by atoms with van der Waals surface area (Å²) in [6.45, 7) is 6.31. The number of hydrogen-bond donors (Lipinski definition) is 1. The van der Waals surface area contributed by atoms with Gasteiger partial charge < -0.3 is 5.11 Å². The Morgan fingerprint density at radius 1 is 1.55 bits per heavy atom. The van der Waals surface area contributed by atoms with Crippen molar-refractivity contribution in [3.8, 4) is 0 Å². The molecule has 4 nitrogen and oxygen atoms in total. The molecule has 1 aromatic heterocycles. The van der Waals surface area contributed by atoms with E-state index in [-0.39, 0.29) is 17.3 Å². The van der Waals surface area contributed by atoms with E-state index in [0.29, 0.717) is 11.4 Å². The summed E-state index contributed by atoms with van der Waals surface area (Å²) in [4.78, 5) is 11.5. The van der Waals surface area contributed by atoms with Gasteiger partial charge in [-0.15, -0.1) is 0 Å². The van der Waals surface area contributed by atoms with Gasteiger partial charge in [-0.05, 0) is 43.9 Å². The van der Waals surface area contributed by atoms with Gasteiger partial charge in [0, 0.05) is 7.05 Å². The zero-order valence-corrected chi connectivity index (χ0v) is 13.4. The van der Waals surface area contributed by atoms with Gasteiger partial charge in [-0.1, -0.05) is 25.4 Å². The molecule has 0 spiro atoms. The van der Waals surface area contributed by atoms with Crippen molar-refractivity contribution in [2.24, 2.45) is 24.3 Å². The number of halogens is 1.